The molecule has 0 saturated carbocycles. The van der Waals surface area contributed by atoms with Crippen molar-refractivity contribution in [2.24, 2.45) is 5.92 Å². The number of hydrogen-bond donors (Lipinski definition) is 0. The van der Waals surface area contributed by atoms with Crippen LogP contribution in [0.25, 0.3) is 0 Å². The predicted molar refractivity (Wildman–Crippen MR) is 118 cm³/mol. The first-order valence-corrected chi connectivity index (χ1v) is 12.4. The Bertz CT molecular complexity index is 976. The van der Waals surface area contributed by atoms with Gasteiger partial charge in [-0.2, -0.15) is 4.31 Å². The lowest BCUT2D eigenvalue weighted by atomic mass is 10.0. The molecule has 1 amide bonds. The van der Waals surface area contributed by atoms with E-state index in [1.165, 1.54) is 0 Å². The summed E-state index contributed by atoms with van der Waals surface area (Å²) < 4.78 is 28.2. The average molecular weight is 435 g/mol. The molecule has 29 heavy (non-hydrogen) atoms. The molecule has 0 spiro atoms. The lowest BCUT2D eigenvalue weighted by molar-refractivity contribution is 0.0744. The molecule has 5 nitrogen and oxygen atoms in total. The van der Waals surface area contributed by atoms with Gasteiger partial charge in [-0.1, -0.05) is 13.0 Å². The maximum Gasteiger partial charge on any atom is 0.254 e. The second-order valence-corrected chi connectivity index (χ2v) is 11.0. The third-order valence-electron chi connectivity index (χ3n) is 6.08. The topological polar surface area (TPSA) is 57.7 Å². The number of benzene rings is 1. The SMILES string of the molecule is Cc1cc(C(=O)N(C)[C@@H](C)c2cccs2)cc(S(=O)(=O)N2CCC(C)CC2)c1C. The molecular weight excluding hydrogens is 404 g/mol. The van der Waals surface area contributed by atoms with E-state index in [0.717, 1.165) is 23.3 Å². The van der Waals surface area contributed by atoms with E-state index < -0.39 is 10.0 Å². The van der Waals surface area contributed by atoms with Gasteiger partial charge in [-0.3, -0.25) is 4.79 Å². The number of aryl methyl sites for hydroxylation is 1. The molecule has 1 aliphatic rings. The van der Waals surface area contributed by atoms with Crippen LogP contribution in [0.3, 0.4) is 0 Å². The van der Waals surface area contributed by atoms with Crippen LogP contribution >= 0.6 is 11.3 Å². The van der Waals surface area contributed by atoms with Crippen molar-refractivity contribution in [1.29, 1.82) is 0 Å². The molecule has 7 heteroatoms. The van der Waals surface area contributed by atoms with Crippen LogP contribution in [0.15, 0.2) is 34.5 Å². The number of nitrogens with zero attached hydrogens (tertiary/aromatic N) is 2. The van der Waals surface area contributed by atoms with E-state index in [2.05, 4.69) is 6.92 Å². The van der Waals surface area contributed by atoms with Crippen molar-refractivity contribution in [3.63, 3.8) is 0 Å². The Morgan fingerprint density at radius 2 is 1.90 bits per heavy atom. The van der Waals surface area contributed by atoms with Crippen LogP contribution in [0.5, 0.6) is 0 Å². The molecule has 3 rings (SSSR count). The molecule has 0 N–H and O–H groups in total. The summed E-state index contributed by atoms with van der Waals surface area (Å²) in [6.07, 6.45) is 1.74. The minimum atomic E-state index is -3.62. The summed E-state index contributed by atoms with van der Waals surface area (Å²) in [6, 6.07) is 7.26. The van der Waals surface area contributed by atoms with Gasteiger partial charge in [0.15, 0.2) is 0 Å². The number of amides is 1. The van der Waals surface area contributed by atoms with Gasteiger partial charge in [-0.25, -0.2) is 8.42 Å². The number of thiophene rings is 1. The number of hydrogen-bond acceptors (Lipinski definition) is 4. The standard InChI is InChI=1S/C22H30N2O3S2/c1-15-8-10-24(11-9-15)29(26,27)21-14-19(13-16(2)17(21)3)22(25)23(5)18(4)20-7-6-12-28-20/h6-7,12-15,18H,8-11H2,1-5H3/t18-/m0/s1. The highest BCUT2D eigenvalue weighted by molar-refractivity contribution is 7.89. The Morgan fingerprint density at radius 3 is 2.48 bits per heavy atom. The predicted octanol–water partition coefficient (Wildman–Crippen LogP) is 4.62. The average Bonchev–Trinajstić information content (AvgIpc) is 3.23. The largest absolute Gasteiger partial charge is 0.334 e. The first-order chi connectivity index (χ1) is 13.6. The lowest BCUT2D eigenvalue weighted by Crippen LogP contribution is -2.38. The minimum Gasteiger partial charge on any atom is -0.334 e. The zero-order valence-electron chi connectivity index (χ0n) is 17.8. The van der Waals surface area contributed by atoms with E-state index in [9.17, 15) is 13.2 Å². The van der Waals surface area contributed by atoms with Gasteiger partial charge in [0.1, 0.15) is 0 Å². The summed E-state index contributed by atoms with van der Waals surface area (Å²) in [5.74, 6) is 0.377. The Hall–Kier alpha value is -1.70. The van der Waals surface area contributed by atoms with Gasteiger partial charge in [0.25, 0.3) is 5.91 Å². The summed E-state index contributed by atoms with van der Waals surface area (Å²) >= 11 is 1.61. The fourth-order valence-electron chi connectivity index (χ4n) is 3.68. The maximum absolute atomic E-state index is 13.3. The van der Waals surface area contributed by atoms with Gasteiger partial charge in [0, 0.05) is 30.6 Å². The van der Waals surface area contributed by atoms with Gasteiger partial charge in [-0.05, 0) is 74.2 Å². The molecule has 1 aromatic carbocycles. The van der Waals surface area contributed by atoms with Crippen molar-refractivity contribution in [3.8, 4) is 0 Å². The second kappa shape index (κ2) is 8.58. The monoisotopic (exact) mass is 434 g/mol. The second-order valence-electron chi connectivity index (χ2n) is 8.11. The van der Waals surface area contributed by atoms with E-state index in [4.69, 9.17) is 0 Å². The molecule has 2 aromatic rings. The van der Waals surface area contributed by atoms with E-state index in [0.29, 0.717) is 30.1 Å². The fourth-order valence-corrected chi connectivity index (χ4v) is 6.30. The van der Waals surface area contributed by atoms with Crippen LogP contribution in [0.2, 0.25) is 0 Å². The van der Waals surface area contributed by atoms with E-state index >= 15 is 0 Å². The number of piperidine rings is 1. The summed E-state index contributed by atoms with van der Waals surface area (Å²) in [6.45, 7) is 8.90. The molecule has 1 atom stereocenters. The quantitative estimate of drug-likeness (QED) is 0.690. The van der Waals surface area contributed by atoms with Crippen molar-refractivity contribution in [1.82, 2.24) is 9.21 Å². The molecule has 2 heterocycles. The van der Waals surface area contributed by atoms with Crippen molar-refractivity contribution in [2.75, 3.05) is 20.1 Å². The smallest absolute Gasteiger partial charge is 0.254 e. The molecule has 158 valence electrons. The maximum atomic E-state index is 13.3. The Labute approximate surface area is 178 Å². The Morgan fingerprint density at radius 1 is 1.24 bits per heavy atom. The molecule has 0 aliphatic carbocycles. The molecule has 0 bridgehead atoms. The van der Waals surface area contributed by atoms with Crippen molar-refractivity contribution in [2.45, 2.75) is 51.5 Å². The third-order valence-corrected chi connectivity index (χ3v) is 9.15. The van der Waals surface area contributed by atoms with E-state index in [1.807, 2.05) is 38.3 Å². The molecule has 1 aromatic heterocycles. The molecule has 1 fully saturated rings. The minimum absolute atomic E-state index is 0.0762. The first kappa shape index (κ1) is 22.0. The fraction of sp³-hybridized carbons (Fsp3) is 0.500. The lowest BCUT2D eigenvalue weighted by Gasteiger charge is -2.30. The van der Waals surface area contributed by atoms with Crippen LogP contribution in [0, 0.1) is 19.8 Å². The molecule has 0 unspecified atom stereocenters. The number of sulfonamides is 1. The van der Waals surface area contributed by atoms with Gasteiger partial charge >= 0.3 is 0 Å². The number of carbonyl (C=O) groups is 1. The van der Waals surface area contributed by atoms with Crippen LogP contribution in [-0.2, 0) is 10.0 Å². The van der Waals surface area contributed by atoms with E-state index in [-0.39, 0.29) is 16.8 Å². The summed E-state index contributed by atoms with van der Waals surface area (Å²) in [5, 5.41) is 1.99. The van der Waals surface area contributed by atoms with Gasteiger partial charge in [0.05, 0.1) is 10.9 Å². The molecule has 1 aliphatic heterocycles. The normalized spacial score (nSPS) is 17.3. The molecular formula is C22H30N2O3S2. The van der Waals surface area contributed by atoms with Crippen molar-refractivity contribution in [3.05, 3.63) is 51.2 Å². The summed E-state index contributed by atoms with van der Waals surface area (Å²) in [4.78, 5) is 16.2. The third kappa shape index (κ3) is 4.42. The number of carbonyl (C=O) groups excluding carboxylic acids is 1. The van der Waals surface area contributed by atoms with Crippen LogP contribution in [0.4, 0.5) is 0 Å². The van der Waals surface area contributed by atoms with Crippen molar-refractivity contribution < 1.29 is 13.2 Å². The van der Waals surface area contributed by atoms with Gasteiger partial charge in [0.2, 0.25) is 10.0 Å². The first-order valence-electron chi connectivity index (χ1n) is 10.0. The summed E-state index contributed by atoms with van der Waals surface area (Å²) in [5.41, 5.74) is 1.95. The zero-order chi connectivity index (χ0) is 21.3. The summed E-state index contributed by atoms with van der Waals surface area (Å²) in [7, 11) is -1.85. The van der Waals surface area contributed by atoms with Gasteiger partial charge in [-0.15, -0.1) is 11.3 Å². The van der Waals surface area contributed by atoms with Gasteiger partial charge < -0.3 is 4.90 Å². The Kier molecular flexibility index (Phi) is 6.51. The van der Waals surface area contributed by atoms with E-state index in [1.54, 1.807) is 39.7 Å². The number of rotatable bonds is 5. The van der Waals surface area contributed by atoms with Crippen LogP contribution in [-0.4, -0.2) is 43.7 Å². The molecule has 1 saturated heterocycles. The van der Waals surface area contributed by atoms with Crippen LogP contribution < -0.4 is 0 Å². The zero-order valence-corrected chi connectivity index (χ0v) is 19.4. The van der Waals surface area contributed by atoms with Crippen LogP contribution in [0.1, 0.15) is 59.1 Å². The Balaban J connectivity index is 1.94. The highest BCUT2D eigenvalue weighted by Gasteiger charge is 2.31. The molecule has 0 radical (unpaired) electrons. The highest BCUT2D eigenvalue weighted by atomic mass is 32.2. The van der Waals surface area contributed by atoms with Crippen molar-refractivity contribution >= 4 is 27.3 Å². The highest BCUT2D eigenvalue weighted by Crippen LogP contribution is 2.30.